The fourth-order valence-electron chi connectivity index (χ4n) is 6.73. The van der Waals surface area contributed by atoms with Crippen LogP contribution >= 0.6 is 23.4 Å². The number of benzene rings is 5. The number of hydrogen-bond acceptors (Lipinski definition) is 6. The van der Waals surface area contributed by atoms with Gasteiger partial charge in [0.1, 0.15) is 5.04 Å². The molecule has 1 spiro atoms. The van der Waals surface area contributed by atoms with Crippen LogP contribution in [0.15, 0.2) is 156 Å². The highest BCUT2D eigenvalue weighted by Crippen LogP contribution is 2.60. The third-order valence-corrected chi connectivity index (χ3v) is 10.3. The van der Waals surface area contributed by atoms with Crippen molar-refractivity contribution in [2.75, 3.05) is 16.9 Å². The van der Waals surface area contributed by atoms with Crippen LogP contribution < -0.4 is 9.80 Å². The Bertz CT molecular complexity index is 1850. The molecule has 0 bridgehead atoms. The number of nitrogens with zero attached hydrogens (tertiary/aromatic N) is 3. The van der Waals surface area contributed by atoms with Crippen molar-refractivity contribution in [3.05, 3.63) is 172 Å². The first-order valence-corrected chi connectivity index (χ1v) is 16.8. The number of hydrogen-bond donors (Lipinski definition) is 0. The zero-order valence-corrected chi connectivity index (χ0v) is 27.6. The summed E-state index contributed by atoms with van der Waals surface area (Å²) in [5.74, 6) is -0.562. The topological polar surface area (TPSA) is 45.1 Å². The highest BCUT2D eigenvalue weighted by atomic mass is 35.5. The summed E-state index contributed by atoms with van der Waals surface area (Å²) in [6.45, 7) is 1.28. The molecule has 47 heavy (non-hydrogen) atoms. The van der Waals surface area contributed by atoms with E-state index in [4.69, 9.17) is 21.3 Å². The minimum absolute atomic E-state index is 0.181. The Morgan fingerprint density at radius 1 is 0.745 bits per heavy atom. The Kier molecular flexibility index (Phi) is 8.88. The van der Waals surface area contributed by atoms with Crippen LogP contribution in [0.5, 0.6) is 0 Å². The lowest BCUT2D eigenvalue weighted by atomic mass is 9.84. The zero-order chi connectivity index (χ0) is 32.2. The molecule has 5 aromatic rings. The van der Waals surface area contributed by atoms with E-state index in [2.05, 4.69) is 107 Å². The molecule has 7 rings (SSSR count). The monoisotopic (exact) mass is 655 g/mol. The summed E-state index contributed by atoms with van der Waals surface area (Å²) in [4.78, 5) is 24.4. The maximum atomic E-state index is 13.0. The van der Waals surface area contributed by atoms with E-state index in [-0.39, 0.29) is 11.9 Å². The Morgan fingerprint density at radius 2 is 1.23 bits per heavy atom. The van der Waals surface area contributed by atoms with Gasteiger partial charge in [0.15, 0.2) is 5.66 Å². The first-order valence-electron chi connectivity index (χ1n) is 15.6. The summed E-state index contributed by atoms with van der Waals surface area (Å²) in [7, 11) is 1.43. The molecule has 2 aliphatic heterocycles. The number of carbonyl (C=O) groups is 1. The van der Waals surface area contributed by atoms with Crippen molar-refractivity contribution >= 4 is 51.4 Å². The number of rotatable bonds is 8. The third-order valence-electron chi connectivity index (χ3n) is 8.81. The molecule has 0 aromatic heterocycles. The number of halogens is 1. The van der Waals surface area contributed by atoms with Gasteiger partial charge >= 0.3 is 5.97 Å². The SMILES string of the molecule is COC(=O)/C=C1\SC(=Nc2ccc(Cl)cc2)C2(C1Cc1ccccc1)N(Cc1ccccc1)c1ccccc1N2Cc1ccccc1. The smallest absolute Gasteiger partial charge is 0.331 e. The van der Waals surface area contributed by atoms with Gasteiger partial charge in [0.2, 0.25) is 0 Å². The summed E-state index contributed by atoms with van der Waals surface area (Å²) < 4.78 is 5.22. The van der Waals surface area contributed by atoms with E-state index in [0.29, 0.717) is 24.5 Å². The van der Waals surface area contributed by atoms with Crippen LogP contribution in [-0.2, 0) is 29.0 Å². The number of para-hydroxylation sites is 2. The van der Waals surface area contributed by atoms with Crippen LogP contribution in [0.2, 0.25) is 5.02 Å². The minimum atomic E-state index is -0.796. The lowest BCUT2D eigenvalue weighted by Crippen LogP contribution is -2.64. The van der Waals surface area contributed by atoms with Gasteiger partial charge in [-0.2, -0.15) is 0 Å². The second kappa shape index (κ2) is 13.5. The number of methoxy groups -OCH3 is 1. The predicted molar refractivity (Wildman–Crippen MR) is 194 cm³/mol. The predicted octanol–water partition coefficient (Wildman–Crippen LogP) is 9.46. The van der Waals surface area contributed by atoms with E-state index in [1.807, 2.05) is 42.5 Å². The molecule has 0 aliphatic carbocycles. The van der Waals surface area contributed by atoms with Gasteiger partial charge in [-0.15, -0.1) is 0 Å². The molecule has 2 aliphatic rings. The molecule has 0 N–H and O–H groups in total. The van der Waals surface area contributed by atoms with Crippen molar-refractivity contribution in [3.8, 4) is 0 Å². The van der Waals surface area contributed by atoms with E-state index < -0.39 is 5.66 Å². The summed E-state index contributed by atoms with van der Waals surface area (Å²) in [5, 5.41) is 1.54. The Labute approximate surface area is 285 Å². The number of anilines is 2. The van der Waals surface area contributed by atoms with Crippen molar-refractivity contribution < 1.29 is 9.53 Å². The van der Waals surface area contributed by atoms with Crippen LogP contribution in [-0.4, -0.2) is 23.8 Å². The Morgan fingerprint density at radius 3 is 1.74 bits per heavy atom. The maximum Gasteiger partial charge on any atom is 0.331 e. The van der Waals surface area contributed by atoms with Crippen LogP contribution in [0.3, 0.4) is 0 Å². The van der Waals surface area contributed by atoms with E-state index in [1.165, 1.54) is 23.8 Å². The summed E-state index contributed by atoms with van der Waals surface area (Å²) in [6.07, 6.45) is 2.34. The molecule has 0 saturated carbocycles. The average molecular weight is 656 g/mol. The highest BCUT2D eigenvalue weighted by molar-refractivity contribution is 8.18. The van der Waals surface area contributed by atoms with Crippen molar-refractivity contribution in [1.82, 2.24) is 0 Å². The number of esters is 1. The fraction of sp³-hybridized carbons (Fsp3) is 0.150. The number of fused-ring (bicyclic) bond motifs is 1. The summed E-state index contributed by atoms with van der Waals surface area (Å²) in [5.41, 5.74) is 5.78. The van der Waals surface area contributed by atoms with Gasteiger partial charge in [-0.3, -0.25) is 0 Å². The van der Waals surface area contributed by atoms with Gasteiger partial charge in [-0.25, -0.2) is 9.79 Å². The number of carbonyl (C=O) groups excluding carboxylic acids is 1. The van der Waals surface area contributed by atoms with Gasteiger partial charge in [-0.1, -0.05) is 126 Å². The lowest BCUT2D eigenvalue weighted by molar-refractivity contribution is -0.134. The molecule has 2 heterocycles. The van der Waals surface area contributed by atoms with Gasteiger partial charge in [-0.05, 0) is 59.5 Å². The van der Waals surface area contributed by atoms with Crippen molar-refractivity contribution in [2.45, 2.75) is 25.2 Å². The molecular formula is C40H34ClN3O2S. The second-order valence-corrected chi connectivity index (χ2v) is 13.2. The molecule has 234 valence electrons. The number of thioether (sulfide) groups is 1. The first kappa shape index (κ1) is 30.9. The van der Waals surface area contributed by atoms with E-state index in [0.717, 1.165) is 27.0 Å². The van der Waals surface area contributed by atoms with Crippen LogP contribution in [0, 0.1) is 5.92 Å². The summed E-state index contributed by atoms with van der Waals surface area (Å²) >= 11 is 7.89. The molecule has 1 unspecified atom stereocenters. The van der Waals surface area contributed by atoms with Crippen molar-refractivity contribution in [1.29, 1.82) is 0 Å². The number of ether oxygens (including phenoxy) is 1. The molecule has 1 saturated heterocycles. The maximum absolute atomic E-state index is 13.0. The lowest BCUT2D eigenvalue weighted by Gasteiger charge is -2.47. The minimum Gasteiger partial charge on any atom is -0.466 e. The highest BCUT2D eigenvalue weighted by Gasteiger charge is 2.63. The molecule has 1 fully saturated rings. The van der Waals surface area contributed by atoms with Crippen LogP contribution in [0.4, 0.5) is 17.1 Å². The standard InChI is InChI=1S/C40H34ClN3O2S/c1-46-38(45)26-37-34(25-29-13-5-2-6-14-29)40(39(47-37)42-33-23-21-32(41)22-24-33)43(27-30-15-7-3-8-16-30)35-19-11-12-20-36(35)44(40)28-31-17-9-4-10-18-31/h2-24,26,34H,25,27-28H2,1H3/b37-26-,42-39?. The molecule has 5 aromatic carbocycles. The van der Waals surface area contributed by atoms with Gasteiger partial charge in [0, 0.05) is 35.0 Å². The van der Waals surface area contributed by atoms with Gasteiger partial charge in [0.05, 0.1) is 24.2 Å². The quantitative estimate of drug-likeness (QED) is 0.123. The largest absolute Gasteiger partial charge is 0.466 e. The Hall–Kier alpha value is -4.78. The van der Waals surface area contributed by atoms with Gasteiger partial charge < -0.3 is 14.5 Å². The molecule has 1 atom stereocenters. The molecule has 0 radical (unpaired) electrons. The third kappa shape index (κ3) is 6.07. The molecule has 7 heteroatoms. The normalized spacial score (nSPS) is 18.2. The van der Waals surface area contributed by atoms with Crippen LogP contribution in [0.25, 0.3) is 0 Å². The van der Waals surface area contributed by atoms with Crippen molar-refractivity contribution in [3.63, 3.8) is 0 Å². The van der Waals surface area contributed by atoms with E-state index >= 15 is 0 Å². The van der Waals surface area contributed by atoms with Gasteiger partial charge in [0.25, 0.3) is 0 Å². The average Bonchev–Trinajstić information content (AvgIpc) is 3.54. The number of aliphatic imine (C=N–C) groups is 1. The van der Waals surface area contributed by atoms with Crippen molar-refractivity contribution in [2.24, 2.45) is 10.9 Å². The Balaban J connectivity index is 1.53. The molecule has 5 nitrogen and oxygen atoms in total. The zero-order valence-electron chi connectivity index (χ0n) is 26.0. The molecular weight excluding hydrogens is 622 g/mol. The van der Waals surface area contributed by atoms with Crippen LogP contribution in [0.1, 0.15) is 16.7 Å². The van der Waals surface area contributed by atoms with E-state index in [1.54, 1.807) is 17.8 Å². The van der Waals surface area contributed by atoms with E-state index in [9.17, 15) is 4.79 Å². The fourth-order valence-corrected chi connectivity index (χ4v) is 8.28. The second-order valence-electron chi connectivity index (χ2n) is 11.7. The molecule has 0 amide bonds. The first-order chi connectivity index (χ1) is 23.1. The summed E-state index contributed by atoms with van der Waals surface area (Å²) in [6, 6.07) is 47.9.